The van der Waals surface area contributed by atoms with Crippen molar-refractivity contribution in [1.82, 2.24) is 10.2 Å². The number of anilines is 1. The summed E-state index contributed by atoms with van der Waals surface area (Å²) in [6.45, 7) is 4.02. The lowest BCUT2D eigenvalue weighted by atomic mass is 10.2. The SMILES string of the molecule is CCOC(=O)c1cc(CC(=O)OCCNc2[nH]ncc2C#N)oc1C. The molecular weight excluding hydrogens is 328 g/mol. The molecule has 9 nitrogen and oxygen atoms in total. The van der Waals surface area contributed by atoms with Gasteiger partial charge in [-0.15, -0.1) is 0 Å². The molecule has 2 rings (SSSR count). The standard InChI is InChI=1S/C16H18N4O5/c1-3-23-16(22)13-6-12(25-10(13)2)7-14(21)24-5-4-18-15-11(8-17)9-19-20-15/h6,9H,3-5,7H2,1-2H3,(H2,18,19,20). The van der Waals surface area contributed by atoms with Gasteiger partial charge in [-0.2, -0.15) is 10.4 Å². The molecule has 2 aromatic rings. The minimum Gasteiger partial charge on any atom is -0.465 e. The molecule has 0 unspecified atom stereocenters. The van der Waals surface area contributed by atoms with Crippen molar-refractivity contribution in [3.63, 3.8) is 0 Å². The van der Waals surface area contributed by atoms with Gasteiger partial charge in [-0.3, -0.25) is 9.89 Å². The summed E-state index contributed by atoms with van der Waals surface area (Å²) in [5.74, 6) is 0.223. The lowest BCUT2D eigenvalue weighted by molar-refractivity contribution is -0.142. The van der Waals surface area contributed by atoms with E-state index in [4.69, 9.17) is 19.2 Å². The van der Waals surface area contributed by atoms with E-state index >= 15 is 0 Å². The predicted molar refractivity (Wildman–Crippen MR) is 85.9 cm³/mol. The molecule has 0 saturated heterocycles. The zero-order chi connectivity index (χ0) is 18.2. The second-order valence-corrected chi connectivity index (χ2v) is 5.00. The molecule has 0 bridgehead atoms. The molecule has 9 heteroatoms. The molecule has 0 spiro atoms. The van der Waals surface area contributed by atoms with Gasteiger partial charge < -0.3 is 19.2 Å². The van der Waals surface area contributed by atoms with E-state index in [0.717, 1.165) is 0 Å². The summed E-state index contributed by atoms with van der Waals surface area (Å²) in [6, 6.07) is 3.45. The molecule has 0 aliphatic rings. The number of furan rings is 1. The summed E-state index contributed by atoms with van der Waals surface area (Å²) in [4.78, 5) is 23.5. The number of nitrogens with one attached hydrogen (secondary N) is 2. The number of nitriles is 1. The Kier molecular flexibility index (Phi) is 6.17. The van der Waals surface area contributed by atoms with Crippen LogP contribution in [0, 0.1) is 18.3 Å². The summed E-state index contributed by atoms with van der Waals surface area (Å²) in [7, 11) is 0. The van der Waals surface area contributed by atoms with Crippen molar-refractivity contribution in [3.05, 3.63) is 34.9 Å². The smallest absolute Gasteiger partial charge is 0.341 e. The van der Waals surface area contributed by atoms with Crippen molar-refractivity contribution in [2.45, 2.75) is 20.3 Å². The van der Waals surface area contributed by atoms with E-state index in [1.54, 1.807) is 13.8 Å². The number of carbonyl (C=O) groups is 2. The van der Waals surface area contributed by atoms with E-state index in [0.29, 0.717) is 35.0 Å². The summed E-state index contributed by atoms with van der Waals surface area (Å²) >= 11 is 0. The molecule has 0 amide bonds. The Morgan fingerprint density at radius 3 is 2.96 bits per heavy atom. The molecule has 0 saturated carbocycles. The third kappa shape index (κ3) is 4.84. The zero-order valence-electron chi connectivity index (χ0n) is 13.9. The van der Waals surface area contributed by atoms with Crippen LogP contribution >= 0.6 is 0 Å². The summed E-state index contributed by atoms with van der Waals surface area (Å²) in [5, 5.41) is 18.1. The summed E-state index contributed by atoms with van der Waals surface area (Å²) in [6.07, 6.45) is 1.31. The van der Waals surface area contributed by atoms with Crippen molar-refractivity contribution in [2.75, 3.05) is 25.1 Å². The van der Waals surface area contributed by atoms with Gasteiger partial charge in [0.1, 0.15) is 47.6 Å². The number of aromatic amines is 1. The third-order valence-corrected chi connectivity index (χ3v) is 3.21. The number of carbonyl (C=O) groups excluding carboxylic acids is 2. The first-order valence-electron chi connectivity index (χ1n) is 7.64. The summed E-state index contributed by atoms with van der Waals surface area (Å²) < 4.78 is 15.4. The minimum atomic E-state index is -0.490. The fraction of sp³-hybridized carbons (Fsp3) is 0.375. The van der Waals surface area contributed by atoms with Crippen molar-refractivity contribution < 1.29 is 23.5 Å². The molecule has 2 N–H and O–H groups in total. The maximum Gasteiger partial charge on any atom is 0.341 e. The Morgan fingerprint density at radius 2 is 2.24 bits per heavy atom. The Morgan fingerprint density at radius 1 is 1.44 bits per heavy atom. The number of aromatic nitrogens is 2. The van der Waals surface area contributed by atoms with Crippen LogP contribution < -0.4 is 5.32 Å². The number of aryl methyl sites for hydroxylation is 1. The Balaban J connectivity index is 1.78. The van der Waals surface area contributed by atoms with E-state index in [2.05, 4.69) is 15.5 Å². The second kappa shape index (κ2) is 8.54. The van der Waals surface area contributed by atoms with E-state index in [1.807, 2.05) is 6.07 Å². The van der Waals surface area contributed by atoms with Crippen LogP contribution in [-0.4, -0.2) is 41.9 Å². The molecular formula is C16H18N4O5. The molecule has 25 heavy (non-hydrogen) atoms. The first-order valence-corrected chi connectivity index (χ1v) is 7.64. The Hall–Kier alpha value is -3.28. The molecule has 2 aromatic heterocycles. The fourth-order valence-corrected chi connectivity index (χ4v) is 2.08. The molecule has 0 fully saturated rings. The number of hydrogen-bond acceptors (Lipinski definition) is 8. The zero-order valence-corrected chi connectivity index (χ0v) is 13.9. The lowest BCUT2D eigenvalue weighted by Gasteiger charge is -2.05. The van der Waals surface area contributed by atoms with Crippen LogP contribution in [0.5, 0.6) is 0 Å². The highest BCUT2D eigenvalue weighted by molar-refractivity contribution is 5.90. The van der Waals surface area contributed by atoms with Crippen molar-refractivity contribution >= 4 is 17.8 Å². The van der Waals surface area contributed by atoms with Gasteiger partial charge in [-0.1, -0.05) is 0 Å². The monoisotopic (exact) mass is 346 g/mol. The van der Waals surface area contributed by atoms with Crippen molar-refractivity contribution in [3.8, 4) is 6.07 Å². The lowest BCUT2D eigenvalue weighted by Crippen LogP contribution is -2.15. The first kappa shape index (κ1) is 18.1. The van der Waals surface area contributed by atoms with Crippen LogP contribution in [0.3, 0.4) is 0 Å². The number of H-pyrrole nitrogens is 1. The van der Waals surface area contributed by atoms with Crippen LogP contribution in [0.25, 0.3) is 0 Å². The predicted octanol–water partition coefficient (Wildman–Crippen LogP) is 1.56. The fourth-order valence-electron chi connectivity index (χ4n) is 2.08. The minimum absolute atomic E-state index is 0.0895. The van der Waals surface area contributed by atoms with Crippen LogP contribution in [0.2, 0.25) is 0 Å². The first-order chi connectivity index (χ1) is 12.0. The van der Waals surface area contributed by atoms with Gasteiger partial charge in [0.05, 0.1) is 19.3 Å². The normalized spacial score (nSPS) is 10.1. The van der Waals surface area contributed by atoms with Crippen molar-refractivity contribution in [2.24, 2.45) is 0 Å². The van der Waals surface area contributed by atoms with Gasteiger partial charge in [-0.25, -0.2) is 4.79 Å². The van der Waals surface area contributed by atoms with Gasteiger partial charge in [-0.05, 0) is 19.9 Å². The quantitative estimate of drug-likeness (QED) is 0.544. The van der Waals surface area contributed by atoms with E-state index in [-0.39, 0.29) is 19.6 Å². The second-order valence-electron chi connectivity index (χ2n) is 5.00. The number of esters is 2. The molecule has 0 aliphatic heterocycles. The Labute approximate surface area is 143 Å². The van der Waals surface area contributed by atoms with Gasteiger partial charge in [0, 0.05) is 0 Å². The highest BCUT2D eigenvalue weighted by Gasteiger charge is 2.18. The molecule has 0 aromatic carbocycles. The van der Waals surface area contributed by atoms with Gasteiger partial charge >= 0.3 is 11.9 Å². The van der Waals surface area contributed by atoms with Gasteiger partial charge in [0.2, 0.25) is 0 Å². The topological polar surface area (TPSA) is 130 Å². The molecule has 0 atom stereocenters. The average Bonchev–Trinajstić information content (AvgIpc) is 3.17. The average molecular weight is 346 g/mol. The molecule has 132 valence electrons. The largest absolute Gasteiger partial charge is 0.465 e. The molecule has 2 heterocycles. The van der Waals surface area contributed by atoms with Gasteiger partial charge in [0.15, 0.2) is 0 Å². The van der Waals surface area contributed by atoms with E-state index < -0.39 is 11.9 Å². The third-order valence-electron chi connectivity index (χ3n) is 3.21. The highest BCUT2D eigenvalue weighted by Crippen LogP contribution is 2.16. The van der Waals surface area contributed by atoms with E-state index in [1.165, 1.54) is 12.3 Å². The number of hydrogen-bond donors (Lipinski definition) is 2. The number of nitrogens with zero attached hydrogens (tertiary/aromatic N) is 2. The number of rotatable bonds is 8. The van der Waals surface area contributed by atoms with Crippen LogP contribution in [0.1, 0.15) is 34.4 Å². The maximum atomic E-state index is 11.8. The molecule has 0 radical (unpaired) electrons. The number of ether oxygens (including phenoxy) is 2. The van der Waals surface area contributed by atoms with E-state index in [9.17, 15) is 9.59 Å². The van der Waals surface area contributed by atoms with Crippen LogP contribution in [0.15, 0.2) is 16.7 Å². The highest BCUT2D eigenvalue weighted by atomic mass is 16.5. The Bertz CT molecular complexity index is 787. The molecule has 0 aliphatic carbocycles. The van der Waals surface area contributed by atoms with Crippen molar-refractivity contribution in [1.29, 1.82) is 5.26 Å². The summed E-state index contributed by atoms with van der Waals surface area (Å²) in [5.41, 5.74) is 0.679. The van der Waals surface area contributed by atoms with Gasteiger partial charge in [0.25, 0.3) is 0 Å². The van der Waals surface area contributed by atoms with Crippen LogP contribution in [-0.2, 0) is 20.7 Å². The van der Waals surface area contributed by atoms with Crippen LogP contribution in [0.4, 0.5) is 5.82 Å². The maximum absolute atomic E-state index is 11.8.